The summed E-state index contributed by atoms with van der Waals surface area (Å²) < 4.78 is 1.75. The van der Waals surface area contributed by atoms with Crippen LogP contribution in [0.2, 0.25) is 0 Å². The van der Waals surface area contributed by atoms with Crippen LogP contribution in [0.1, 0.15) is 10.5 Å². The fraction of sp³-hybridized carbons (Fsp3) is 0. The largest absolute Gasteiger partial charge is 0.313 e. The van der Waals surface area contributed by atoms with E-state index in [-0.39, 0.29) is 0 Å². The van der Waals surface area contributed by atoms with Crippen molar-refractivity contribution in [2.45, 2.75) is 0 Å². The van der Waals surface area contributed by atoms with E-state index in [1.807, 2.05) is 66.9 Å². The molecule has 0 aliphatic rings. The van der Waals surface area contributed by atoms with Gasteiger partial charge in [-0.05, 0) is 23.8 Å². The molecule has 2 aromatic carbocycles. The molecule has 3 rings (SSSR count). The van der Waals surface area contributed by atoms with E-state index >= 15 is 0 Å². The zero-order chi connectivity index (χ0) is 14.7. The van der Waals surface area contributed by atoms with Crippen molar-refractivity contribution < 1.29 is 9.59 Å². The Balaban J connectivity index is 2.17. The first kappa shape index (κ1) is 13.1. The summed E-state index contributed by atoms with van der Waals surface area (Å²) in [5.41, 5.74) is 3.14. The summed E-state index contributed by atoms with van der Waals surface area (Å²) in [4.78, 5) is 22.7. The lowest BCUT2D eigenvalue weighted by atomic mass is 10.1. The van der Waals surface area contributed by atoms with Gasteiger partial charge in [-0.1, -0.05) is 48.5 Å². The number of aromatic nitrogens is 1. The van der Waals surface area contributed by atoms with Crippen LogP contribution < -0.4 is 0 Å². The van der Waals surface area contributed by atoms with Gasteiger partial charge in [-0.15, -0.1) is 0 Å². The first-order valence-corrected chi connectivity index (χ1v) is 6.62. The SMILES string of the molecule is O=CC(=O)c1cc(-c2ccccc2)cn1-c1ccccc1. The first-order chi connectivity index (χ1) is 10.3. The molecule has 1 aromatic heterocycles. The lowest BCUT2D eigenvalue weighted by Gasteiger charge is -2.05. The smallest absolute Gasteiger partial charge is 0.242 e. The Bertz CT molecular complexity index is 773. The normalized spacial score (nSPS) is 10.3. The lowest BCUT2D eigenvalue weighted by molar-refractivity contribution is -0.104. The minimum atomic E-state index is -0.527. The number of carbonyl (C=O) groups is 2. The Morgan fingerprint density at radius 2 is 1.48 bits per heavy atom. The maximum Gasteiger partial charge on any atom is 0.242 e. The van der Waals surface area contributed by atoms with Crippen molar-refractivity contribution in [1.29, 1.82) is 0 Å². The summed E-state index contributed by atoms with van der Waals surface area (Å²) in [6.45, 7) is 0. The molecule has 102 valence electrons. The summed E-state index contributed by atoms with van der Waals surface area (Å²) in [5, 5.41) is 0. The number of aldehydes is 1. The number of Topliss-reactive ketones (excluding diaryl/α,β-unsaturated/α-hetero) is 1. The maximum absolute atomic E-state index is 11.9. The van der Waals surface area contributed by atoms with E-state index in [0.29, 0.717) is 12.0 Å². The van der Waals surface area contributed by atoms with Crippen LogP contribution in [0, 0.1) is 0 Å². The molecular weight excluding hydrogens is 262 g/mol. The maximum atomic E-state index is 11.9. The van der Waals surface area contributed by atoms with Crippen LogP contribution in [0.3, 0.4) is 0 Å². The molecule has 0 aliphatic carbocycles. The fourth-order valence-corrected chi connectivity index (χ4v) is 2.30. The highest BCUT2D eigenvalue weighted by molar-refractivity contribution is 6.33. The third kappa shape index (κ3) is 2.54. The van der Waals surface area contributed by atoms with Crippen LogP contribution in [0.5, 0.6) is 0 Å². The summed E-state index contributed by atoms with van der Waals surface area (Å²) in [7, 11) is 0. The van der Waals surface area contributed by atoms with E-state index < -0.39 is 5.78 Å². The Hall–Kier alpha value is -2.94. The number of hydrogen-bond acceptors (Lipinski definition) is 2. The van der Waals surface area contributed by atoms with Crippen molar-refractivity contribution in [3.05, 3.63) is 78.6 Å². The van der Waals surface area contributed by atoms with Gasteiger partial charge in [0.15, 0.2) is 6.29 Å². The molecule has 0 aliphatic heterocycles. The standard InChI is InChI=1S/C18H13NO2/c20-13-18(21)17-11-15(14-7-3-1-4-8-14)12-19(17)16-9-5-2-6-10-16/h1-13H. The van der Waals surface area contributed by atoms with Crippen molar-refractivity contribution in [2.24, 2.45) is 0 Å². The number of nitrogens with zero attached hydrogens (tertiary/aromatic N) is 1. The summed E-state index contributed by atoms with van der Waals surface area (Å²) in [6.07, 6.45) is 2.23. The molecule has 0 saturated carbocycles. The second kappa shape index (κ2) is 5.59. The monoisotopic (exact) mass is 275 g/mol. The van der Waals surface area contributed by atoms with E-state index in [4.69, 9.17) is 0 Å². The van der Waals surface area contributed by atoms with Crippen molar-refractivity contribution in [3.63, 3.8) is 0 Å². The van der Waals surface area contributed by atoms with E-state index in [9.17, 15) is 9.59 Å². The number of rotatable bonds is 4. The van der Waals surface area contributed by atoms with Crippen molar-refractivity contribution in [1.82, 2.24) is 4.57 Å². The van der Waals surface area contributed by atoms with Crippen LogP contribution in [-0.2, 0) is 4.79 Å². The molecule has 0 amide bonds. The molecule has 0 saturated heterocycles. The molecule has 3 nitrogen and oxygen atoms in total. The minimum Gasteiger partial charge on any atom is -0.313 e. The average molecular weight is 275 g/mol. The Morgan fingerprint density at radius 1 is 0.857 bits per heavy atom. The number of para-hydroxylation sites is 1. The van der Waals surface area contributed by atoms with E-state index in [2.05, 4.69) is 0 Å². The quantitative estimate of drug-likeness (QED) is 0.415. The van der Waals surface area contributed by atoms with Crippen LogP contribution in [0.4, 0.5) is 0 Å². The van der Waals surface area contributed by atoms with Crippen LogP contribution in [-0.4, -0.2) is 16.6 Å². The summed E-state index contributed by atoms with van der Waals surface area (Å²) in [6, 6.07) is 21.0. The highest BCUT2D eigenvalue weighted by Gasteiger charge is 2.14. The second-order valence-corrected chi connectivity index (χ2v) is 4.67. The van der Waals surface area contributed by atoms with Gasteiger partial charge in [0.25, 0.3) is 0 Å². The van der Waals surface area contributed by atoms with Crippen LogP contribution >= 0.6 is 0 Å². The molecule has 0 N–H and O–H groups in total. The highest BCUT2D eigenvalue weighted by Crippen LogP contribution is 2.24. The van der Waals surface area contributed by atoms with Gasteiger partial charge in [0, 0.05) is 17.4 Å². The fourth-order valence-electron chi connectivity index (χ4n) is 2.30. The van der Waals surface area contributed by atoms with Crippen LogP contribution in [0.15, 0.2) is 72.9 Å². The summed E-state index contributed by atoms with van der Waals surface area (Å²) in [5.74, 6) is -0.527. The van der Waals surface area contributed by atoms with E-state index in [1.54, 1.807) is 10.6 Å². The van der Waals surface area contributed by atoms with Gasteiger partial charge in [0.1, 0.15) is 0 Å². The van der Waals surface area contributed by atoms with Gasteiger partial charge in [-0.2, -0.15) is 0 Å². The number of carbonyl (C=O) groups excluding carboxylic acids is 2. The lowest BCUT2D eigenvalue weighted by Crippen LogP contribution is -2.07. The molecule has 0 unspecified atom stereocenters. The predicted octanol–water partition coefficient (Wildman–Crippen LogP) is 3.53. The number of hydrogen-bond donors (Lipinski definition) is 0. The third-order valence-corrected chi connectivity index (χ3v) is 3.32. The molecule has 21 heavy (non-hydrogen) atoms. The predicted molar refractivity (Wildman–Crippen MR) is 81.6 cm³/mol. The van der Waals surface area contributed by atoms with Crippen LogP contribution in [0.25, 0.3) is 16.8 Å². The van der Waals surface area contributed by atoms with Crippen molar-refractivity contribution in [2.75, 3.05) is 0 Å². The van der Waals surface area contributed by atoms with Gasteiger partial charge >= 0.3 is 0 Å². The van der Waals surface area contributed by atoms with Gasteiger partial charge in [0.2, 0.25) is 5.78 Å². The molecule has 0 fully saturated rings. The third-order valence-electron chi connectivity index (χ3n) is 3.32. The zero-order valence-corrected chi connectivity index (χ0v) is 11.3. The van der Waals surface area contributed by atoms with Gasteiger partial charge < -0.3 is 4.57 Å². The minimum absolute atomic E-state index is 0.351. The molecule has 0 atom stereocenters. The molecule has 0 spiro atoms. The molecule has 0 radical (unpaired) electrons. The Morgan fingerprint density at radius 3 is 2.10 bits per heavy atom. The van der Waals surface area contributed by atoms with E-state index in [1.165, 1.54) is 0 Å². The molecule has 0 bridgehead atoms. The average Bonchev–Trinajstić information content (AvgIpc) is 3.01. The molecule has 3 aromatic rings. The number of benzene rings is 2. The zero-order valence-electron chi connectivity index (χ0n) is 11.3. The summed E-state index contributed by atoms with van der Waals surface area (Å²) >= 11 is 0. The first-order valence-electron chi connectivity index (χ1n) is 6.62. The Kier molecular flexibility index (Phi) is 3.48. The van der Waals surface area contributed by atoms with Crippen molar-refractivity contribution >= 4 is 12.1 Å². The molecular formula is C18H13NO2. The molecule has 3 heteroatoms. The van der Waals surface area contributed by atoms with Gasteiger partial charge in [0.05, 0.1) is 5.69 Å². The highest BCUT2D eigenvalue weighted by atomic mass is 16.2. The number of ketones is 1. The van der Waals surface area contributed by atoms with Gasteiger partial charge in [-0.25, -0.2) is 0 Å². The van der Waals surface area contributed by atoms with Gasteiger partial charge in [-0.3, -0.25) is 9.59 Å². The van der Waals surface area contributed by atoms with E-state index in [0.717, 1.165) is 16.8 Å². The molecule has 1 heterocycles. The Labute approximate surface area is 122 Å². The van der Waals surface area contributed by atoms with Crippen molar-refractivity contribution in [3.8, 4) is 16.8 Å². The second-order valence-electron chi connectivity index (χ2n) is 4.67. The topological polar surface area (TPSA) is 39.1 Å².